The lowest BCUT2D eigenvalue weighted by atomic mass is 9.91. The average molecular weight is 1370 g/mol. The fourth-order valence-corrected chi connectivity index (χ4v) is 15.7. The van der Waals surface area contributed by atoms with Gasteiger partial charge in [-0.15, -0.1) is 0 Å². The predicted octanol–water partition coefficient (Wildman–Crippen LogP) is 11.7. The highest BCUT2D eigenvalue weighted by Crippen LogP contribution is 2.53. The normalized spacial score (nSPS) is 20.7. The number of benzene rings is 3. The first-order valence-electron chi connectivity index (χ1n) is 36.4. The Hall–Kier alpha value is -8.41. The number of fused-ring (bicyclic) bond motifs is 18. The zero-order valence-corrected chi connectivity index (χ0v) is 58.6. The SMILES string of the molecule is C.COCc1cc2c(cc1N1CC[C@@H](COC)C1)[C@H]1CCC(C)(C)N1n1cc(C(C)=O)c(=O)cc1-2.COCc1cc2c(cc1OCCC(=O)O)[C@H]1CCC(C)(C)N1n1cc(C(C)=O)c(=O)cc1-2.[2H]C([2H])(OC)C([2H])([2H])C([2H])([2H])Oc1cc2c(cc1COC)-c1cc(=O)c(C(C)=O)cn1N1[C@@H]2CCC1(C)C. The van der Waals surface area contributed by atoms with E-state index in [1.807, 2.05) is 21.5 Å². The minimum atomic E-state index is -3.18. The van der Waals surface area contributed by atoms with E-state index in [1.54, 1.807) is 58.1 Å². The minimum absolute atomic E-state index is 0. The second-order valence-corrected chi connectivity index (χ2v) is 28.3. The molecular weight excluding hydrogens is 1260 g/mol. The van der Waals surface area contributed by atoms with Crippen molar-refractivity contribution in [1.29, 1.82) is 0 Å². The van der Waals surface area contributed by atoms with Crippen LogP contribution in [0.5, 0.6) is 11.5 Å². The molecule has 532 valence electrons. The fraction of sp³-hybridized carbons (Fsp3) is 0.519. The van der Waals surface area contributed by atoms with Gasteiger partial charge in [-0.2, -0.15) is 0 Å². The van der Waals surface area contributed by atoms with E-state index in [4.69, 9.17) is 41.8 Å². The first kappa shape index (κ1) is 65.2. The van der Waals surface area contributed by atoms with Crippen LogP contribution >= 0.6 is 0 Å². The lowest BCUT2D eigenvalue weighted by Crippen LogP contribution is -2.50. The van der Waals surface area contributed by atoms with E-state index < -0.39 is 30.9 Å². The van der Waals surface area contributed by atoms with E-state index in [-0.39, 0.29) is 119 Å². The van der Waals surface area contributed by atoms with Crippen molar-refractivity contribution in [2.75, 3.05) is 94.9 Å². The molecule has 22 nitrogen and oxygen atoms in total. The number of carbonyl (C=O) groups is 4. The van der Waals surface area contributed by atoms with Gasteiger partial charge in [0, 0.05) is 146 Å². The van der Waals surface area contributed by atoms with Gasteiger partial charge in [0.05, 0.1) is 120 Å². The molecule has 0 radical (unpaired) electrons. The number of ether oxygens (including phenoxy) is 7. The number of carboxylic acid groups (broad SMARTS) is 1. The number of nitrogens with zero attached hydrogens (tertiary/aromatic N) is 7. The summed E-state index contributed by atoms with van der Waals surface area (Å²) in [5.74, 6) is -0.598. The highest BCUT2D eigenvalue weighted by molar-refractivity contribution is 5.95. The van der Waals surface area contributed by atoms with Crippen molar-refractivity contribution < 1.29 is 65.7 Å². The van der Waals surface area contributed by atoms with Crippen molar-refractivity contribution in [3.63, 3.8) is 0 Å². The van der Waals surface area contributed by atoms with Crippen LogP contribution in [0.3, 0.4) is 0 Å². The summed E-state index contributed by atoms with van der Waals surface area (Å²) in [5, 5.41) is 15.7. The summed E-state index contributed by atoms with van der Waals surface area (Å²) < 4.78 is 92.2. The van der Waals surface area contributed by atoms with Crippen molar-refractivity contribution in [3.05, 3.63) is 154 Å². The molecule has 99 heavy (non-hydrogen) atoms. The Bertz CT molecular complexity index is 4590. The highest BCUT2D eigenvalue weighted by atomic mass is 16.5. The number of anilines is 1. The number of pyridine rings is 3. The molecule has 0 spiro atoms. The zero-order valence-electron chi connectivity index (χ0n) is 64.6. The number of aliphatic carboxylic acids is 1. The van der Waals surface area contributed by atoms with Crippen LogP contribution in [0.2, 0.25) is 0 Å². The van der Waals surface area contributed by atoms with Crippen molar-refractivity contribution in [2.24, 2.45) is 5.92 Å². The Balaban J connectivity index is 0.000000169. The van der Waals surface area contributed by atoms with E-state index in [0.29, 0.717) is 35.1 Å². The van der Waals surface area contributed by atoms with Gasteiger partial charge in [-0.3, -0.25) is 62.6 Å². The van der Waals surface area contributed by atoms with Gasteiger partial charge in [0.2, 0.25) is 0 Å². The topological polar surface area (TPSA) is 232 Å². The summed E-state index contributed by atoms with van der Waals surface area (Å²) in [6.07, 6.45) is 8.25. The number of Topliss-reactive ketones (excluding diaryl/α,β-unsaturated/α-hetero) is 3. The number of hydrogen-bond acceptors (Lipinski definition) is 18. The quantitative estimate of drug-likeness (QED) is 0.0660. The summed E-state index contributed by atoms with van der Waals surface area (Å²) in [7, 11) is 7.47. The molecular formula is C77H99N7O15. The maximum Gasteiger partial charge on any atom is 0.306 e. The zero-order chi connectivity index (χ0) is 75.8. The summed E-state index contributed by atoms with van der Waals surface area (Å²) in [6.45, 7) is 14.6. The first-order valence-corrected chi connectivity index (χ1v) is 33.4. The van der Waals surface area contributed by atoms with Crippen molar-refractivity contribution >= 4 is 29.0 Å². The van der Waals surface area contributed by atoms with Gasteiger partial charge in [0.15, 0.2) is 33.6 Å². The number of carboxylic acids is 1. The molecule has 7 aliphatic rings. The van der Waals surface area contributed by atoms with Crippen LogP contribution in [0.4, 0.5) is 5.69 Å². The maximum atomic E-state index is 12.9. The highest BCUT2D eigenvalue weighted by Gasteiger charge is 2.49. The first-order chi connectivity index (χ1) is 48.9. The lowest BCUT2D eigenvalue weighted by Gasteiger charge is -2.45. The van der Waals surface area contributed by atoms with Crippen molar-refractivity contribution in [2.45, 2.75) is 182 Å². The van der Waals surface area contributed by atoms with Gasteiger partial charge in [-0.25, -0.2) is 0 Å². The second-order valence-electron chi connectivity index (χ2n) is 28.3. The molecule has 0 amide bonds. The average Bonchev–Trinajstić information content (AvgIpc) is 1.69. The van der Waals surface area contributed by atoms with E-state index in [0.717, 1.165) is 117 Å². The van der Waals surface area contributed by atoms with E-state index in [2.05, 4.69) is 83.0 Å². The summed E-state index contributed by atoms with van der Waals surface area (Å²) >= 11 is 0. The van der Waals surface area contributed by atoms with Gasteiger partial charge in [0.1, 0.15) is 11.5 Å². The van der Waals surface area contributed by atoms with Crippen LogP contribution < -0.4 is 45.7 Å². The third-order valence-corrected chi connectivity index (χ3v) is 20.3. The largest absolute Gasteiger partial charge is 0.493 e. The molecule has 0 unspecified atom stereocenters. The van der Waals surface area contributed by atoms with Crippen LogP contribution in [0, 0.1) is 5.92 Å². The third-order valence-electron chi connectivity index (χ3n) is 20.3. The molecule has 13 rings (SSSR count). The van der Waals surface area contributed by atoms with E-state index >= 15 is 0 Å². The van der Waals surface area contributed by atoms with Crippen LogP contribution in [0.15, 0.2) is 87.6 Å². The summed E-state index contributed by atoms with van der Waals surface area (Å²) in [4.78, 5) is 88.3. The molecule has 6 aromatic rings. The predicted molar refractivity (Wildman–Crippen MR) is 382 cm³/mol. The molecule has 22 heteroatoms. The maximum absolute atomic E-state index is 12.9. The number of ketones is 3. The molecule has 7 aliphatic heterocycles. The molecule has 1 N–H and O–H groups in total. The van der Waals surface area contributed by atoms with Gasteiger partial charge < -0.3 is 43.2 Å². The van der Waals surface area contributed by atoms with Gasteiger partial charge in [-0.1, -0.05) is 7.43 Å². The number of hydrogen-bond donors (Lipinski definition) is 1. The van der Waals surface area contributed by atoms with Gasteiger partial charge in [0.25, 0.3) is 0 Å². The molecule has 0 bridgehead atoms. The Morgan fingerprint density at radius 3 is 1.29 bits per heavy atom. The second kappa shape index (κ2) is 29.4. The minimum Gasteiger partial charge on any atom is -0.493 e. The smallest absolute Gasteiger partial charge is 0.306 e. The van der Waals surface area contributed by atoms with Gasteiger partial charge in [-0.05, 0) is 160 Å². The number of aromatic nitrogens is 3. The molecule has 0 aliphatic carbocycles. The van der Waals surface area contributed by atoms with Crippen LogP contribution in [0.1, 0.15) is 218 Å². The third kappa shape index (κ3) is 14.1. The summed E-state index contributed by atoms with van der Waals surface area (Å²) in [6, 6.07) is 16.4. The number of rotatable bonds is 21. The molecule has 4 atom stereocenters. The Morgan fingerprint density at radius 1 is 0.515 bits per heavy atom. The molecule has 4 saturated heterocycles. The van der Waals surface area contributed by atoms with Crippen LogP contribution in [-0.2, 0) is 48.3 Å². The molecule has 4 fully saturated rings. The number of carbonyl (C=O) groups excluding carboxylic acids is 3. The summed E-state index contributed by atoms with van der Waals surface area (Å²) in [5.41, 5.74) is 10.2. The Morgan fingerprint density at radius 2 is 0.909 bits per heavy atom. The molecule has 10 heterocycles. The van der Waals surface area contributed by atoms with Crippen LogP contribution in [-0.4, -0.2) is 134 Å². The van der Waals surface area contributed by atoms with Crippen molar-refractivity contribution in [1.82, 2.24) is 14.0 Å². The Labute approximate surface area is 588 Å². The fourth-order valence-electron chi connectivity index (χ4n) is 15.7. The molecule has 0 saturated carbocycles. The van der Waals surface area contributed by atoms with Gasteiger partial charge >= 0.3 is 5.97 Å². The van der Waals surface area contributed by atoms with E-state index in [1.165, 1.54) is 51.3 Å². The monoisotopic (exact) mass is 1370 g/mol. The molecule has 3 aromatic heterocycles. The van der Waals surface area contributed by atoms with Crippen molar-refractivity contribution in [3.8, 4) is 45.3 Å². The Kier molecular flexibility index (Phi) is 19.4. The van der Waals surface area contributed by atoms with E-state index in [9.17, 15) is 33.6 Å². The van der Waals surface area contributed by atoms with Crippen LogP contribution in [0.25, 0.3) is 33.8 Å². The number of methoxy groups -OCH3 is 5. The molecule has 3 aromatic carbocycles. The standard InChI is InChI=1S/C27H35N3O4.C25H32N2O5.C24H28N2O6.CH4/c1-17(31)22-14-29-25(12-26(22)32)20-10-19(16-34-5)24(28-9-7-18(13-28)15-33-4)11-21(20)23-6-8-27(2,3)30(23)29;1-16(28)20-14-26-22(13-23(20)29)18-11-17(15-31-5)24(32-10-6-9-30-4)12-19(18)21-7-8-25(2,3)27(21)26;1-14(27)18-12-25-20(11-21(18)28)16-9-15(13-31-4)22(32-8-6-23(29)30)10-17(16)19-5-7-24(2,3)26(19)25;/h10-12,14,18,23H,6-9,13,15-16H2,1-5H3;11-14,21H,6-10,15H2,1-5H3;9-12,19H,5-8,13H2,1-4H3,(H,29,30);1H4/t18-,23-;21-;19-;/m111./s1/i;6D2,9D2,10D2;;. The lowest BCUT2D eigenvalue weighted by molar-refractivity contribution is -0.137.